The molecule has 3 rings (SSSR count). The molecule has 0 aliphatic rings. The van der Waals surface area contributed by atoms with Gasteiger partial charge < -0.3 is 19.9 Å². The summed E-state index contributed by atoms with van der Waals surface area (Å²) < 4.78 is 60.8. The molecular weight excluding hydrogens is 420 g/mol. The Morgan fingerprint density at radius 1 is 1.16 bits per heavy atom. The van der Waals surface area contributed by atoms with Gasteiger partial charge >= 0.3 is 6.36 Å². The summed E-state index contributed by atoms with van der Waals surface area (Å²) in [5.74, 6) is -1.76. The first-order valence-corrected chi connectivity index (χ1v) is 9.06. The van der Waals surface area contributed by atoms with E-state index in [4.69, 9.17) is 9.84 Å². The van der Waals surface area contributed by atoms with Gasteiger partial charge in [-0.1, -0.05) is 0 Å². The molecular formula is C21H18F4N2O4. The molecule has 0 saturated carbocycles. The zero-order chi connectivity index (χ0) is 22.8. The largest absolute Gasteiger partial charge is 0.573 e. The topological polar surface area (TPSA) is 80.7 Å². The van der Waals surface area contributed by atoms with Crippen molar-refractivity contribution in [3.8, 4) is 22.6 Å². The number of aromatic nitrogens is 1. The number of carbonyl (C=O) groups is 1. The Bertz CT molecular complexity index is 1120. The number of alkyl halides is 3. The second kappa shape index (κ2) is 8.76. The van der Waals surface area contributed by atoms with E-state index >= 15 is 0 Å². The van der Waals surface area contributed by atoms with Gasteiger partial charge in [-0.15, -0.1) is 13.2 Å². The van der Waals surface area contributed by atoms with E-state index in [0.29, 0.717) is 22.7 Å². The lowest BCUT2D eigenvalue weighted by Gasteiger charge is -2.14. The number of nitrogens with zero attached hydrogens (tertiary/aromatic N) is 1. The first-order chi connectivity index (χ1) is 14.6. The number of hydrogen-bond donors (Lipinski definition) is 2. The van der Waals surface area contributed by atoms with Crippen LogP contribution in [0.3, 0.4) is 0 Å². The summed E-state index contributed by atoms with van der Waals surface area (Å²) >= 11 is 0. The van der Waals surface area contributed by atoms with E-state index in [1.54, 1.807) is 13.0 Å². The van der Waals surface area contributed by atoms with Crippen molar-refractivity contribution in [2.24, 2.45) is 0 Å². The van der Waals surface area contributed by atoms with Crippen LogP contribution >= 0.6 is 0 Å². The van der Waals surface area contributed by atoms with Crippen LogP contribution in [0.5, 0.6) is 11.5 Å². The minimum atomic E-state index is -4.94. The van der Waals surface area contributed by atoms with Gasteiger partial charge in [-0.05, 0) is 37.3 Å². The molecule has 1 aromatic heterocycles. The number of amides is 1. The number of carbonyl (C=O) groups excluding carboxylic acids is 1. The first kappa shape index (κ1) is 22.3. The van der Waals surface area contributed by atoms with Gasteiger partial charge in [0.05, 0.1) is 24.8 Å². The van der Waals surface area contributed by atoms with Crippen LogP contribution in [0.15, 0.2) is 42.6 Å². The SMILES string of the molecule is COc1cc(-c2ccc(OC(F)(F)F)cc2F)c2ncc(C(=O)N[C@H](C)CO)cc2c1. The van der Waals surface area contributed by atoms with Gasteiger partial charge in [0.2, 0.25) is 0 Å². The molecule has 0 aliphatic carbocycles. The lowest BCUT2D eigenvalue weighted by molar-refractivity contribution is -0.274. The summed E-state index contributed by atoms with van der Waals surface area (Å²) in [4.78, 5) is 16.6. The second-order valence-corrected chi connectivity index (χ2v) is 6.72. The van der Waals surface area contributed by atoms with Crippen molar-refractivity contribution in [3.05, 3.63) is 54.0 Å². The molecule has 1 atom stereocenters. The molecule has 2 aromatic carbocycles. The standard InChI is InChI=1S/C21H18F4N2O4/c1-11(10-28)27-20(29)13-5-12-6-15(30-2)7-17(19(12)26-9-13)16-4-3-14(8-18(16)22)31-21(23,24)25/h3-9,11,28H,10H2,1-2H3,(H,27,29)/t11-/m1/s1. The lowest BCUT2D eigenvalue weighted by atomic mass is 10.00. The van der Waals surface area contributed by atoms with Crippen LogP contribution in [0.25, 0.3) is 22.0 Å². The zero-order valence-electron chi connectivity index (χ0n) is 16.5. The summed E-state index contributed by atoms with van der Waals surface area (Å²) in [6.07, 6.45) is -3.65. The number of ether oxygens (including phenoxy) is 2. The molecule has 164 valence electrons. The molecule has 31 heavy (non-hydrogen) atoms. The molecule has 6 nitrogen and oxygen atoms in total. The summed E-state index contributed by atoms with van der Waals surface area (Å²) in [5, 5.41) is 12.1. The number of rotatable bonds is 6. The van der Waals surface area contributed by atoms with E-state index in [1.165, 1.54) is 25.4 Å². The number of fused-ring (bicyclic) bond motifs is 1. The average molecular weight is 438 g/mol. The predicted molar refractivity (Wildman–Crippen MR) is 104 cm³/mol. The normalized spacial score (nSPS) is 12.5. The van der Waals surface area contributed by atoms with E-state index in [-0.39, 0.29) is 23.3 Å². The molecule has 3 aromatic rings. The number of pyridine rings is 1. The number of aliphatic hydroxyl groups excluding tert-OH is 1. The number of benzene rings is 2. The molecule has 0 fully saturated rings. The maximum Gasteiger partial charge on any atom is 0.573 e. The van der Waals surface area contributed by atoms with Crippen LogP contribution < -0.4 is 14.8 Å². The molecule has 0 saturated heterocycles. The van der Waals surface area contributed by atoms with Gasteiger partial charge in [0.1, 0.15) is 17.3 Å². The Labute approximate surface area is 174 Å². The van der Waals surface area contributed by atoms with Gasteiger partial charge in [-0.25, -0.2) is 4.39 Å². The molecule has 0 unspecified atom stereocenters. The van der Waals surface area contributed by atoms with Crippen molar-refractivity contribution in [2.45, 2.75) is 19.3 Å². The highest BCUT2D eigenvalue weighted by atomic mass is 19.4. The van der Waals surface area contributed by atoms with Gasteiger partial charge in [0, 0.05) is 34.8 Å². The Morgan fingerprint density at radius 3 is 2.52 bits per heavy atom. The minimum absolute atomic E-state index is 0.0166. The van der Waals surface area contributed by atoms with Crippen LogP contribution in [-0.4, -0.2) is 42.1 Å². The summed E-state index contributed by atoms with van der Waals surface area (Å²) in [6.45, 7) is 1.39. The minimum Gasteiger partial charge on any atom is -0.497 e. The fraction of sp³-hybridized carbons (Fsp3) is 0.238. The van der Waals surface area contributed by atoms with Crippen LogP contribution in [0.1, 0.15) is 17.3 Å². The van der Waals surface area contributed by atoms with Crippen molar-refractivity contribution in [1.82, 2.24) is 10.3 Å². The quantitative estimate of drug-likeness (QED) is 0.568. The van der Waals surface area contributed by atoms with Crippen molar-refractivity contribution >= 4 is 16.8 Å². The third kappa shape index (κ3) is 5.21. The van der Waals surface area contributed by atoms with Crippen molar-refractivity contribution in [1.29, 1.82) is 0 Å². The molecule has 0 spiro atoms. The first-order valence-electron chi connectivity index (χ1n) is 9.06. The molecule has 0 aliphatic heterocycles. The lowest BCUT2D eigenvalue weighted by Crippen LogP contribution is -2.35. The molecule has 0 bridgehead atoms. The Kier molecular flexibility index (Phi) is 6.30. The Balaban J connectivity index is 2.07. The fourth-order valence-corrected chi connectivity index (χ4v) is 2.93. The second-order valence-electron chi connectivity index (χ2n) is 6.72. The Hall–Kier alpha value is -3.40. The van der Waals surface area contributed by atoms with E-state index in [9.17, 15) is 22.4 Å². The van der Waals surface area contributed by atoms with Gasteiger partial charge in [0.25, 0.3) is 5.91 Å². The highest BCUT2D eigenvalue weighted by molar-refractivity contribution is 6.01. The van der Waals surface area contributed by atoms with Gasteiger partial charge in [-0.3, -0.25) is 9.78 Å². The number of methoxy groups -OCH3 is 1. The number of aliphatic hydroxyl groups is 1. The molecule has 1 heterocycles. The van der Waals surface area contributed by atoms with Crippen LogP contribution in [0.4, 0.5) is 17.6 Å². The van der Waals surface area contributed by atoms with Gasteiger partial charge in [-0.2, -0.15) is 0 Å². The van der Waals surface area contributed by atoms with Crippen molar-refractivity contribution in [2.75, 3.05) is 13.7 Å². The maximum atomic E-state index is 14.7. The number of nitrogens with one attached hydrogen (secondary N) is 1. The van der Waals surface area contributed by atoms with Crippen molar-refractivity contribution in [3.63, 3.8) is 0 Å². The summed E-state index contributed by atoms with van der Waals surface area (Å²) in [6, 6.07) is 6.92. The summed E-state index contributed by atoms with van der Waals surface area (Å²) in [7, 11) is 1.40. The van der Waals surface area contributed by atoms with E-state index in [1.807, 2.05) is 0 Å². The van der Waals surface area contributed by atoms with Gasteiger partial charge in [0.15, 0.2) is 0 Å². The average Bonchev–Trinajstić information content (AvgIpc) is 2.71. The zero-order valence-corrected chi connectivity index (χ0v) is 16.5. The maximum absolute atomic E-state index is 14.7. The van der Waals surface area contributed by atoms with Crippen molar-refractivity contribution < 1.29 is 36.9 Å². The molecule has 1 amide bonds. The molecule has 10 heteroatoms. The fourth-order valence-electron chi connectivity index (χ4n) is 2.93. The third-order valence-electron chi connectivity index (χ3n) is 4.37. The Morgan fingerprint density at radius 2 is 1.90 bits per heavy atom. The number of hydrogen-bond acceptors (Lipinski definition) is 5. The summed E-state index contributed by atoms with van der Waals surface area (Å²) in [5.41, 5.74) is 0.774. The highest BCUT2D eigenvalue weighted by Gasteiger charge is 2.31. The smallest absolute Gasteiger partial charge is 0.497 e. The molecule has 0 radical (unpaired) electrons. The predicted octanol–water partition coefficient (Wildman–Crippen LogP) is 4.06. The van der Waals surface area contributed by atoms with E-state index in [0.717, 1.165) is 12.1 Å². The van der Waals surface area contributed by atoms with E-state index < -0.39 is 29.9 Å². The van der Waals surface area contributed by atoms with Crippen LogP contribution in [0.2, 0.25) is 0 Å². The monoisotopic (exact) mass is 438 g/mol. The van der Waals surface area contributed by atoms with Crippen LogP contribution in [-0.2, 0) is 0 Å². The van der Waals surface area contributed by atoms with E-state index in [2.05, 4.69) is 15.0 Å². The molecule has 2 N–H and O–H groups in total. The van der Waals surface area contributed by atoms with Crippen LogP contribution in [0, 0.1) is 5.82 Å². The number of halogens is 4. The third-order valence-corrected chi connectivity index (χ3v) is 4.37. The highest BCUT2D eigenvalue weighted by Crippen LogP contribution is 2.35.